The zero-order chi connectivity index (χ0) is 43.0. The minimum Gasteiger partial charge on any atom is -0.462 e. The smallest absolute Gasteiger partial charge is 0.306 e. The van der Waals surface area contributed by atoms with Crippen molar-refractivity contribution in [1.82, 2.24) is 0 Å². The number of rotatable bonds is 44. The third-order valence-corrected chi connectivity index (χ3v) is 10.5. The van der Waals surface area contributed by atoms with Gasteiger partial charge in [0, 0.05) is 19.3 Å². The lowest BCUT2D eigenvalue weighted by Gasteiger charge is -2.18. The zero-order valence-electron chi connectivity index (χ0n) is 38.8. The van der Waals surface area contributed by atoms with E-state index in [-0.39, 0.29) is 37.5 Å². The van der Waals surface area contributed by atoms with Gasteiger partial charge < -0.3 is 14.2 Å². The molecule has 0 aliphatic rings. The van der Waals surface area contributed by atoms with Crippen molar-refractivity contribution in [1.29, 1.82) is 0 Å². The highest BCUT2D eigenvalue weighted by atomic mass is 16.6. The molecule has 1 unspecified atom stereocenters. The van der Waals surface area contributed by atoms with Crippen LogP contribution in [0.4, 0.5) is 0 Å². The molecule has 340 valence electrons. The predicted octanol–water partition coefficient (Wildman–Crippen LogP) is 16.1. The van der Waals surface area contributed by atoms with Gasteiger partial charge in [0.05, 0.1) is 0 Å². The number of ether oxygens (including phenoxy) is 3. The molecule has 0 aliphatic carbocycles. The van der Waals surface area contributed by atoms with Crippen molar-refractivity contribution in [3.8, 4) is 0 Å². The second-order valence-electron chi connectivity index (χ2n) is 16.4. The molecule has 0 fully saturated rings. The van der Waals surface area contributed by atoms with Crippen LogP contribution in [0.2, 0.25) is 0 Å². The fourth-order valence-corrected chi connectivity index (χ4v) is 6.68. The van der Waals surface area contributed by atoms with Gasteiger partial charge in [-0.3, -0.25) is 14.4 Å². The summed E-state index contributed by atoms with van der Waals surface area (Å²) in [4.78, 5) is 37.8. The van der Waals surface area contributed by atoms with Crippen molar-refractivity contribution in [3.05, 3.63) is 60.8 Å². The van der Waals surface area contributed by atoms with E-state index in [4.69, 9.17) is 14.2 Å². The maximum absolute atomic E-state index is 12.7. The normalized spacial score (nSPS) is 12.5. The number of hydrogen-bond donors (Lipinski definition) is 0. The fourth-order valence-electron chi connectivity index (χ4n) is 6.68. The van der Waals surface area contributed by atoms with Crippen molar-refractivity contribution in [2.45, 2.75) is 245 Å². The van der Waals surface area contributed by atoms with Crippen LogP contribution in [-0.2, 0) is 28.6 Å². The molecular formula is C53H92O6. The first kappa shape index (κ1) is 56.1. The summed E-state index contributed by atoms with van der Waals surface area (Å²) in [5, 5.41) is 0. The minimum absolute atomic E-state index is 0.103. The van der Waals surface area contributed by atoms with Crippen LogP contribution in [0.3, 0.4) is 0 Å². The lowest BCUT2D eigenvalue weighted by Crippen LogP contribution is -2.30. The molecule has 59 heavy (non-hydrogen) atoms. The van der Waals surface area contributed by atoms with Gasteiger partial charge >= 0.3 is 17.9 Å². The van der Waals surface area contributed by atoms with Gasteiger partial charge in [-0.05, 0) is 89.9 Å². The van der Waals surface area contributed by atoms with E-state index in [1.807, 2.05) is 6.08 Å². The average Bonchev–Trinajstić information content (AvgIpc) is 3.23. The van der Waals surface area contributed by atoms with Crippen molar-refractivity contribution < 1.29 is 28.6 Å². The number of unbranched alkanes of at least 4 members (excludes halogenated alkanes) is 23. The Kier molecular flexibility index (Phi) is 45.4. The molecule has 0 spiro atoms. The third kappa shape index (κ3) is 46.0. The molecule has 0 radical (unpaired) electrons. The van der Waals surface area contributed by atoms with Gasteiger partial charge in [-0.2, -0.15) is 0 Å². The zero-order valence-corrected chi connectivity index (χ0v) is 38.8. The minimum atomic E-state index is -0.809. The highest BCUT2D eigenvalue weighted by Gasteiger charge is 2.19. The molecule has 0 saturated heterocycles. The van der Waals surface area contributed by atoms with E-state index in [0.717, 1.165) is 77.0 Å². The van der Waals surface area contributed by atoms with Gasteiger partial charge in [0.1, 0.15) is 13.2 Å². The van der Waals surface area contributed by atoms with Gasteiger partial charge in [-0.15, -0.1) is 0 Å². The van der Waals surface area contributed by atoms with Crippen LogP contribution in [0, 0.1) is 0 Å². The van der Waals surface area contributed by atoms with E-state index in [1.54, 1.807) is 0 Å². The summed E-state index contributed by atoms with van der Waals surface area (Å²) in [6, 6.07) is 0. The molecule has 0 aromatic carbocycles. The standard InChI is InChI=1S/C53H92O6/c1-4-7-10-13-16-19-22-24-25-26-27-29-31-34-37-40-43-46-52(55)58-49-50(48-57-51(54)45-42-39-36-33-30-21-18-15-12-9-6-3)59-53(56)47-44-41-38-35-32-28-23-20-17-14-11-8-5-2/h15-16,18-19,24-25,28,32,38,41,50H,4-14,17,20-23,26-27,29-31,33-37,39-40,42-49H2,1-3H3/b18-15-,19-16-,25-24-,32-28-,41-38-. The molecule has 6 heteroatoms. The second-order valence-corrected chi connectivity index (χ2v) is 16.4. The van der Waals surface area contributed by atoms with Crippen molar-refractivity contribution in [3.63, 3.8) is 0 Å². The number of carbonyl (C=O) groups is 3. The number of allylic oxidation sites excluding steroid dienone is 10. The van der Waals surface area contributed by atoms with Crippen molar-refractivity contribution in [2.75, 3.05) is 13.2 Å². The highest BCUT2D eigenvalue weighted by Crippen LogP contribution is 2.13. The second kappa shape index (κ2) is 47.8. The topological polar surface area (TPSA) is 78.9 Å². The molecule has 0 saturated carbocycles. The van der Waals surface area contributed by atoms with E-state index in [9.17, 15) is 14.4 Å². The summed E-state index contributed by atoms with van der Waals surface area (Å²) in [7, 11) is 0. The Morgan fingerprint density at radius 1 is 0.339 bits per heavy atom. The molecule has 0 aromatic rings. The van der Waals surface area contributed by atoms with Gasteiger partial charge in [0.2, 0.25) is 0 Å². The monoisotopic (exact) mass is 825 g/mol. The maximum atomic E-state index is 12.7. The Bertz CT molecular complexity index is 1090. The van der Waals surface area contributed by atoms with Crippen molar-refractivity contribution in [2.24, 2.45) is 0 Å². The van der Waals surface area contributed by atoms with Crippen LogP contribution in [0.5, 0.6) is 0 Å². The van der Waals surface area contributed by atoms with E-state index >= 15 is 0 Å². The Hall–Kier alpha value is -2.89. The van der Waals surface area contributed by atoms with Crippen LogP contribution in [0.15, 0.2) is 60.8 Å². The van der Waals surface area contributed by atoms with E-state index < -0.39 is 6.10 Å². The van der Waals surface area contributed by atoms with Crippen LogP contribution in [0.25, 0.3) is 0 Å². The van der Waals surface area contributed by atoms with E-state index in [2.05, 4.69) is 75.5 Å². The Balaban J connectivity index is 4.43. The summed E-state index contributed by atoms with van der Waals surface area (Å²) in [5.41, 5.74) is 0. The summed E-state index contributed by atoms with van der Waals surface area (Å²) in [5.74, 6) is -0.989. The first-order valence-electron chi connectivity index (χ1n) is 24.8. The van der Waals surface area contributed by atoms with E-state index in [0.29, 0.717) is 19.3 Å². The Morgan fingerprint density at radius 3 is 1.10 bits per heavy atom. The van der Waals surface area contributed by atoms with Gasteiger partial charge in [-0.1, -0.05) is 191 Å². The molecule has 0 N–H and O–H groups in total. The van der Waals surface area contributed by atoms with Crippen LogP contribution in [0.1, 0.15) is 239 Å². The fraction of sp³-hybridized carbons (Fsp3) is 0.755. The molecule has 0 rings (SSSR count). The van der Waals surface area contributed by atoms with Crippen LogP contribution in [-0.4, -0.2) is 37.2 Å². The average molecular weight is 825 g/mol. The molecule has 6 nitrogen and oxygen atoms in total. The summed E-state index contributed by atoms with van der Waals surface area (Å²) < 4.78 is 16.7. The lowest BCUT2D eigenvalue weighted by molar-refractivity contribution is -0.166. The molecule has 0 heterocycles. The summed E-state index contributed by atoms with van der Waals surface area (Å²) >= 11 is 0. The largest absolute Gasteiger partial charge is 0.462 e. The molecule has 0 aromatic heterocycles. The summed E-state index contributed by atoms with van der Waals surface area (Å²) in [6.45, 7) is 6.50. The lowest BCUT2D eigenvalue weighted by atomic mass is 10.1. The SMILES string of the molecule is CCCC/C=C\CCCCCCCC(=O)OCC(COC(=O)CCCCCCCCC/C=C\C/C=C\CCCCC)OC(=O)CC/C=C\C/C=C\CCCCCCCC. The number of hydrogen-bond acceptors (Lipinski definition) is 6. The molecule has 0 aliphatic heterocycles. The Labute approximate surface area is 364 Å². The first-order chi connectivity index (χ1) is 29.0. The summed E-state index contributed by atoms with van der Waals surface area (Å²) in [6.07, 6.45) is 57.8. The van der Waals surface area contributed by atoms with Crippen molar-refractivity contribution >= 4 is 17.9 Å². The highest BCUT2D eigenvalue weighted by molar-refractivity contribution is 5.71. The molecule has 1 atom stereocenters. The van der Waals surface area contributed by atoms with Gasteiger partial charge in [0.15, 0.2) is 6.10 Å². The van der Waals surface area contributed by atoms with Gasteiger partial charge in [-0.25, -0.2) is 0 Å². The first-order valence-corrected chi connectivity index (χ1v) is 24.8. The maximum Gasteiger partial charge on any atom is 0.306 e. The third-order valence-electron chi connectivity index (χ3n) is 10.5. The molecule has 0 bridgehead atoms. The van der Waals surface area contributed by atoms with Crippen LogP contribution >= 0.6 is 0 Å². The number of carbonyl (C=O) groups excluding carboxylic acids is 3. The van der Waals surface area contributed by atoms with E-state index in [1.165, 1.54) is 116 Å². The molecule has 0 amide bonds. The van der Waals surface area contributed by atoms with Crippen LogP contribution < -0.4 is 0 Å². The molecular weight excluding hydrogens is 733 g/mol. The Morgan fingerprint density at radius 2 is 0.661 bits per heavy atom. The number of esters is 3. The predicted molar refractivity (Wildman–Crippen MR) is 251 cm³/mol. The quantitative estimate of drug-likeness (QED) is 0.0263. The van der Waals surface area contributed by atoms with Gasteiger partial charge in [0.25, 0.3) is 0 Å².